The van der Waals surface area contributed by atoms with Crippen molar-refractivity contribution in [2.45, 2.75) is 19.8 Å². The van der Waals surface area contributed by atoms with E-state index in [1.54, 1.807) is 12.1 Å². The maximum Gasteiger partial charge on any atom is 0.336 e. The Balaban J connectivity index is 2.39. The highest BCUT2D eigenvalue weighted by molar-refractivity contribution is 6.12. The summed E-state index contributed by atoms with van der Waals surface area (Å²) >= 11 is 0. The number of aromatic carboxylic acids is 1. The van der Waals surface area contributed by atoms with E-state index >= 15 is 0 Å². The van der Waals surface area contributed by atoms with Crippen molar-refractivity contribution in [3.8, 4) is 0 Å². The highest BCUT2D eigenvalue weighted by Gasteiger charge is 2.22. The number of aliphatic hydroxyl groups excluding tert-OH is 1. The number of carbonyl (C=O) groups excluding carboxylic acids is 2. The van der Waals surface area contributed by atoms with Crippen LogP contribution in [-0.2, 0) is 6.42 Å². The lowest BCUT2D eigenvalue weighted by atomic mass is 10.0. The SMILES string of the molecule is CC(=O)c1ccccc1C(=O)N(O)c1ccc(CCCO)c(C(=O)O)c1. The molecule has 0 fully saturated rings. The summed E-state index contributed by atoms with van der Waals surface area (Å²) in [7, 11) is 0. The molecule has 0 unspecified atom stereocenters. The van der Waals surface area contributed by atoms with Crippen molar-refractivity contribution < 1.29 is 29.8 Å². The first-order valence-corrected chi connectivity index (χ1v) is 7.97. The third kappa shape index (κ3) is 4.14. The van der Waals surface area contributed by atoms with Crippen LogP contribution in [0.2, 0.25) is 0 Å². The van der Waals surface area contributed by atoms with Gasteiger partial charge < -0.3 is 10.2 Å². The van der Waals surface area contributed by atoms with Crippen LogP contribution in [0.5, 0.6) is 0 Å². The summed E-state index contributed by atoms with van der Waals surface area (Å²) in [6.45, 7) is 1.24. The summed E-state index contributed by atoms with van der Waals surface area (Å²) < 4.78 is 0. The molecule has 0 atom stereocenters. The van der Waals surface area contributed by atoms with Crippen LogP contribution in [-0.4, -0.2) is 39.7 Å². The molecule has 0 aliphatic heterocycles. The summed E-state index contributed by atoms with van der Waals surface area (Å²) in [5, 5.41) is 28.8. The van der Waals surface area contributed by atoms with Gasteiger partial charge in [0.1, 0.15) is 0 Å². The maximum atomic E-state index is 12.6. The second kappa shape index (κ2) is 8.37. The van der Waals surface area contributed by atoms with Gasteiger partial charge in [-0.1, -0.05) is 24.3 Å². The first kappa shape index (κ1) is 19.3. The Morgan fingerprint density at radius 3 is 2.23 bits per heavy atom. The molecule has 0 saturated carbocycles. The van der Waals surface area contributed by atoms with Crippen molar-refractivity contribution in [3.63, 3.8) is 0 Å². The number of benzene rings is 2. The van der Waals surface area contributed by atoms with Crippen molar-refractivity contribution in [1.82, 2.24) is 0 Å². The number of hydrogen-bond acceptors (Lipinski definition) is 5. The van der Waals surface area contributed by atoms with Crippen LogP contribution in [0.3, 0.4) is 0 Å². The van der Waals surface area contributed by atoms with Crippen LogP contribution < -0.4 is 5.06 Å². The van der Waals surface area contributed by atoms with E-state index in [0.29, 0.717) is 23.5 Å². The number of ketones is 1. The first-order valence-electron chi connectivity index (χ1n) is 7.97. The number of carboxylic acid groups (broad SMARTS) is 1. The minimum Gasteiger partial charge on any atom is -0.478 e. The molecule has 0 aromatic heterocycles. The molecular weight excluding hydrogens is 338 g/mol. The van der Waals surface area contributed by atoms with E-state index in [1.807, 2.05) is 0 Å². The number of hydroxylamine groups is 1. The maximum absolute atomic E-state index is 12.6. The van der Waals surface area contributed by atoms with Crippen LogP contribution >= 0.6 is 0 Å². The molecule has 0 bridgehead atoms. The fourth-order valence-corrected chi connectivity index (χ4v) is 2.59. The van der Waals surface area contributed by atoms with Gasteiger partial charge in [-0.05, 0) is 43.5 Å². The highest BCUT2D eigenvalue weighted by Crippen LogP contribution is 2.23. The number of carboxylic acids is 1. The van der Waals surface area contributed by atoms with E-state index in [2.05, 4.69) is 0 Å². The van der Waals surface area contributed by atoms with E-state index in [-0.39, 0.29) is 34.8 Å². The zero-order valence-corrected chi connectivity index (χ0v) is 14.2. The average molecular weight is 357 g/mol. The minimum absolute atomic E-state index is 0.0173. The van der Waals surface area contributed by atoms with E-state index < -0.39 is 11.9 Å². The quantitative estimate of drug-likeness (QED) is 0.398. The van der Waals surface area contributed by atoms with Gasteiger partial charge in [-0.25, -0.2) is 4.79 Å². The van der Waals surface area contributed by atoms with Gasteiger partial charge in [-0.15, -0.1) is 0 Å². The second-order valence-electron chi connectivity index (χ2n) is 5.69. The molecule has 3 N–H and O–H groups in total. The first-order chi connectivity index (χ1) is 12.4. The number of hydrogen-bond donors (Lipinski definition) is 3. The van der Waals surface area contributed by atoms with Crippen molar-refractivity contribution in [2.75, 3.05) is 11.7 Å². The van der Waals surface area contributed by atoms with E-state index in [4.69, 9.17) is 5.11 Å². The molecule has 0 heterocycles. The standard InChI is InChI=1S/C19H19NO6/c1-12(22)15-6-2-3-7-16(15)18(23)20(26)14-9-8-13(5-4-10-21)17(11-14)19(24)25/h2-3,6-9,11,21,26H,4-5,10H2,1H3,(H,24,25). The Hall–Kier alpha value is -3.03. The Bertz CT molecular complexity index is 846. The molecular formula is C19H19NO6. The van der Waals surface area contributed by atoms with E-state index in [1.165, 1.54) is 37.3 Å². The third-order valence-corrected chi connectivity index (χ3v) is 3.90. The van der Waals surface area contributed by atoms with Gasteiger partial charge in [0, 0.05) is 12.2 Å². The largest absolute Gasteiger partial charge is 0.478 e. The average Bonchev–Trinajstić information content (AvgIpc) is 2.64. The smallest absolute Gasteiger partial charge is 0.336 e. The third-order valence-electron chi connectivity index (χ3n) is 3.90. The Kier molecular flexibility index (Phi) is 6.21. The van der Waals surface area contributed by atoms with Crippen molar-refractivity contribution >= 4 is 23.3 Å². The molecule has 7 heteroatoms. The van der Waals surface area contributed by atoms with Gasteiger partial charge in [0.15, 0.2) is 5.78 Å². The Morgan fingerprint density at radius 2 is 1.65 bits per heavy atom. The van der Waals surface area contributed by atoms with Crippen LogP contribution in [0.4, 0.5) is 5.69 Å². The zero-order valence-electron chi connectivity index (χ0n) is 14.2. The van der Waals surface area contributed by atoms with Gasteiger partial charge in [-0.3, -0.25) is 14.8 Å². The molecule has 2 aromatic rings. The number of aliphatic hydroxyl groups is 1. The second-order valence-corrected chi connectivity index (χ2v) is 5.69. The monoisotopic (exact) mass is 357 g/mol. The van der Waals surface area contributed by atoms with Gasteiger partial charge in [0.25, 0.3) is 5.91 Å². The summed E-state index contributed by atoms with van der Waals surface area (Å²) in [5.74, 6) is -2.37. The fourth-order valence-electron chi connectivity index (χ4n) is 2.59. The molecule has 0 saturated heterocycles. The number of Topliss-reactive ketones (excluding diaryl/α,β-unsaturated/α-hetero) is 1. The molecule has 1 amide bonds. The molecule has 7 nitrogen and oxygen atoms in total. The molecule has 26 heavy (non-hydrogen) atoms. The number of aryl methyl sites for hydroxylation is 1. The number of carbonyl (C=O) groups is 3. The highest BCUT2D eigenvalue weighted by atomic mass is 16.5. The normalized spacial score (nSPS) is 10.4. The molecule has 0 aliphatic carbocycles. The predicted octanol–water partition coefficient (Wildman–Crippen LogP) is 2.55. The lowest BCUT2D eigenvalue weighted by Gasteiger charge is -2.18. The molecule has 0 aliphatic rings. The molecule has 2 rings (SSSR count). The molecule has 2 aromatic carbocycles. The van der Waals surface area contributed by atoms with Crippen LogP contribution in [0.15, 0.2) is 42.5 Å². The topological polar surface area (TPSA) is 115 Å². The minimum atomic E-state index is -1.20. The fraction of sp³-hybridized carbons (Fsp3) is 0.211. The lowest BCUT2D eigenvalue weighted by molar-refractivity contribution is 0.0694. The van der Waals surface area contributed by atoms with Crippen LogP contribution in [0.25, 0.3) is 0 Å². The van der Waals surface area contributed by atoms with E-state index in [0.717, 1.165) is 0 Å². The zero-order chi connectivity index (χ0) is 19.3. The van der Waals surface area contributed by atoms with Gasteiger partial charge in [0.2, 0.25) is 0 Å². The summed E-state index contributed by atoms with van der Waals surface area (Å²) in [4.78, 5) is 35.7. The molecule has 0 radical (unpaired) electrons. The van der Waals surface area contributed by atoms with Gasteiger partial charge in [-0.2, -0.15) is 5.06 Å². The lowest BCUT2D eigenvalue weighted by Crippen LogP contribution is -2.28. The summed E-state index contributed by atoms with van der Waals surface area (Å²) in [6.07, 6.45) is 0.748. The predicted molar refractivity (Wildman–Crippen MR) is 93.9 cm³/mol. The number of amides is 1. The molecule has 0 spiro atoms. The van der Waals surface area contributed by atoms with Gasteiger partial charge in [0.05, 0.1) is 16.8 Å². The van der Waals surface area contributed by atoms with Gasteiger partial charge >= 0.3 is 5.97 Å². The summed E-state index contributed by atoms with van der Waals surface area (Å²) in [5.41, 5.74) is 0.569. The van der Waals surface area contributed by atoms with Crippen molar-refractivity contribution in [2.24, 2.45) is 0 Å². The van der Waals surface area contributed by atoms with Crippen LogP contribution in [0.1, 0.15) is 50.0 Å². The number of nitrogens with zero attached hydrogens (tertiary/aromatic N) is 1. The van der Waals surface area contributed by atoms with Crippen molar-refractivity contribution in [1.29, 1.82) is 0 Å². The molecule has 136 valence electrons. The Morgan fingerprint density at radius 1 is 1.00 bits per heavy atom. The Labute approximate surface area is 150 Å². The summed E-state index contributed by atoms with van der Waals surface area (Å²) in [6, 6.07) is 10.1. The van der Waals surface area contributed by atoms with Crippen LogP contribution in [0, 0.1) is 0 Å². The van der Waals surface area contributed by atoms with Crippen molar-refractivity contribution in [3.05, 3.63) is 64.7 Å². The number of rotatable bonds is 7. The number of anilines is 1. The van der Waals surface area contributed by atoms with E-state index in [9.17, 15) is 24.7 Å².